The Morgan fingerprint density at radius 3 is 1.89 bits per heavy atom. The van der Waals surface area contributed by atoms with E-state index in [1.807, 2.05) is 20.8 Å². The third-order valence-corrected chi connectivity index (χ3v) is 8.58. The molecule has 4 aromatic rings. The first-order valence-corrected chi connectivity index (χ1v) is 14.7. The molecule has 0 atom stereocenters. The van der Waals surface area contributed by atoms with E-state index in [1.54, 1.807) is 0 Å². The van der Waals surface area contributed by atoms with Crippen LogP contribution in [0.4, 0.5) is 45.5 Å². The zero-order valence-electron chi connectivity index (χ0n) is 24.6. The predicted octanol–water partition coefficient (Wildman–Crippen LogP) is 9.06. The van der Waals surface area contributed by atoms with Gasteiger partial charge in [0.25, 0.3) is 5.95 Å². The molecule has 0 radical (unpaired) electrons. The third-order valence-electron chi connectivity index (χ3n) is 7.22. The van der Waals surface area contributed by atoms with Gasteiger partial charge in [-0.05, 0) is 65.9 Å². The Labute approximate surface area is 256 Å². The molecule has 2 heterocycles. The monoisotopic (exact) mass is 664 g/mol. The lowest BCUT2D eigenvalue weighted by molar-refractivity contribution is -0.143. The highest BCUT2D eigenvalue weighted by Gasteiger charge is 2.37. The van der Waals surface area contributed by atoms with Crippen molar-refractivity contribution >= 4 is 17.3 Å². The summed E-state index contributed by atoms with van der Waals surface area (Å²) in [6.07, 6.45) is -12.8. The molecule has 0 saturated heterocycles. The molecular weight excluding hydrogens is 635 g/mol. The third kappa shape index (κ3) is 7.94. The highest BCUT2D eigenvalue weighted by atomic mass is 32.1. The van der Waals surface area contributed by atoms with Crippen LogP contribution < -0.4 is 4.90 Å². The van der Waals surface area contributed by atoms with Crippen molar-refractivity contribution in [1.29, 1.82) is 0 Å². The molecule has 0 amide bonds. The van der Waals surface area contributed by atoms with Crippen molar-refractivity contribution < 1.29 is 39.5 Å². The van der Waals surface area contributed by atoms with Crippen LogP contribution in [0.15, 0.2) is 36.4 Å². The number of anilines is 1. The van der Waals surface area contributed by atoms with Gasteiger partial charge in [-0.1, -0.05) is 31.9 Å². The van der Waals surface area contributed by atoms with Gasteiger partial charge in [-0.15, -0.1) is 16.4 Å². The van der Waals surface area contributed by atoms with Gasteiger partial charge in [0.2, 0.25) is 0 Å². The van der Waals surface area contributed by atoms with Gasteiger partial charge in [0, 0.05) is 29.4 Å². The van der Waals surface area contributed by atoms with Crippen molar-refractivity contribution in [1.82, 2.24) is 25.2 Å². The lowest BCUT2D eigenvalue weighted by Gasteiger charge is -2.24. The average Bonchev–Trinajstić information content (AvgIpc) is 3.58. The Morgan fingerprint density at radius 1 is 0.800 bits per heavy atom. The van der Waals surface area contributed by atoms with E-state index in [4.69, 9.17) is 4.98 Å². The van der Waals surface area contributed by atoms with E-state index < -0.39 is 53.9 Å². The number of aryl methyl sites for hydroxylation is 2. The molecule has 0 unspecified atom stereocenters. The van der Waals surface area contributed by atoms with Gasteiger partial charge in [-0.2, -0.15) is 44.3 Å². The molecule has 0 saturated carbocycles. The molecule has 0 aliphatic carbocycles. The highest BCUT2D eigenvalue weighted by molar-refractivity contribution is 7.12. The average molecular weight is 665 g/mol. The van der Waals surface area contributed by atoms with Crippen molar-refractivity contribution in [3.63, 3.8) is 0 Å². The molecule has 0 bridgehead atoms. The SMILES string of the molecule is CCc1sc(C(CC)CC)nc1-c1ccc(C(F)(F)F)cc1CN(Cc1cc(C(F)(F)F)cc(C(F)(F)F)c1)c1nnn(C)n1. The normalized spacial score (nSPS) is 12.8. The van der Waals surface area contributed by atoms with Gasteiger partial charge >= 0.3 is 18.5 Å². The fraction of sp³-hybridized carbons (Fsp3) is 0.448. The molecule has 2 aromatic carbocycles. The van der Waals surface area contributed by atoms with E-state index in [0.29, 0.717) is 29.8 Å². The van der Waals surface area contributed by atoms with E-state index in [-0.39, 0.29) is 23.5 Å². The van der Waals surface area contributed by atoms with Gasteiger partial charge in [0.05, 0.1) is 34.4 Å². The molecule has 0 fully saturated rings. The largest absolute Gasteiger partial charge is 0.416 e. The summed E-state index contributed by atoms with van der Waals surface area (Å²) >= 11 is 1.46. The van der Waals surface area contributed by atoms with Crippen LogP contribution in [0, 0.1) is 0 Å². The van der Waals surface area contributed by atoms with E-state index in [9.17, 15) is 39.5 Å². The van der Waals surface area contributed by atoms with Crippen LogP contribution in [0.1, 0.15) is 77.2 Å². The number of rotatable bonds is 10. The van der Waals surface area contributed by atoms with Gasteiger partial charge < -0.3 is 4.90 Å². The van der Waals surface area contributed by atoms with Crippen molar-refractivity contribution in [2.24, 2.45) is 7.05 Å². The van der Waals surface area contributed by atoms with E-state index in [1.165, 1.54) is 29.4 Å². The molecule has 0 aliphatic rings. The predicted molar refractivity (Wildman–Crippen MR) is 150 cm³/mol. The van der Waals surface area contributed by atoms with Gasteiger partial charge in [-0.3, -0.25) is 0 Å². The lowest BCUT2D eigenvalue weighted by atomic mass is 9.98. The second-order valence-electron chi connectivity index (χ2n) is 10.4. The number of halogens is 9. The number of benzene rings is 2. The number of hydrogen-bond donors (Lipinski definition) is 0. The Kier molecular flexibility index (Phi) is 9.85. The summed E-state index contributed by atoms with van der Waals surface area (Å²) in [5, 5.41) is 12.4. The Hall–Kier alpha value is -3.69. The first kappa shape index (κ1) is 34.2. The first-order chi connectivity index (χ1) is 20.9. The van der Waals surface area contributed by atoms with Gasteiger partial charge in [0.1, 0.15) is 0 Å². The maximum absolute atomic E-state index is 13.9. The summed E-state index contributed by atoms with van der Waals surface area (Å²) in [7, 11) is 1.39. The standard InChI is InChI=1S/C29H29F9N6S/c1-5-17(6-2)25-39-24(23(7-3)45-25)22-9-8-19(27(30,31)32)12-18(22)15-44(26-40-42-43(4)41-26)14-16-10-20(28(33,34)35)13-21(11-16)29(36,37)38/h8-13,17H,5-7,14-15H2,1-4H3. The van der Waals surface area contributed by atoms with Crippen LogP contribution in [-0.2, 0) is 45.1 Å². The Morgan fingerprint density at radius 2 is 1.40 bits per heavy atom. The number of thiazole rings is 1. The Bertz CT molecular complexity index is 1590. The second-order valence-corrected chi connectivity index (χ2v) is 11.5. The van der Waals surface area contributed by atoms with Crippen molar-refractivity contribution in [2.75, 3.05) is 4.90 Å². The summed E-state index contributed by atoms with van der Waals surface area (Å²) in [5.74, 6) is -0.0745. The van der Waals surface area contributed by atoms with E-state index in [2.05, 4.69) is 15.4 Å². The molecule has 2 aromatic heterocycles. The van der Waals surface area contributed by atoms with Crippen LogP contribution in [-0.4, -0.2) is 25.2 Å². The molecule has 0 spiro atoms. The van der Waals surface area contributed by atoms with Crippen molar-refractivity contribution in [3.8, 4) is 11.3 Å². The number of tetrazole rings is 1. The zero-order chi connectivity index (χ0) is 33.3. The molecule has 244 valence electrons. The van der Waals surface area contributed by atoms with Crippen LogP contribution in [0.25, 0.3) is 11.3 Å². The quantitative estimate of drug-likeness (QED) is 0.158. The molecule has 45 heavy (non-hydrogen) atoms. The lowest BCUT2D eigenvalue weighted by Crippen LogP contribution is -2.25. The number of nitrogens with zero attached hydrogens (tertiary/aromatic N) is 6. The van der Waals surface area contributed by atoms with E-state index in [0.717, 1.165) is 39.7 Å². The Balaban J connectivity index is 1.88. The number of aromatic nitrogens is 5. The minimum atomic E-state index is -5.09. The van der Waals surface area contributed by atoms with Crippen LogP contribution >= 0.6 is 11.3 Å². The topological polar surface area (TPSA) is 59.7 Å². The minimum Gasteiger partial charge on any atom is -0.330 e. The smallest absolute Gasteiger partial charge is 0.330 e. The maximum atomic E-state index is 13.9. The molecule has 4 rings (SSSR count). The first-order valence-electron chi connectivity index (χ1n) is 13.9. The maximum Gasteiger partial charge on any atom is 0.416 e. The van der Waals surface area contributed by atoms with Crippen LogP contribution in [0.5, 0.6) is 0 Å². The van der Waals surface area contributed by atoms with Crippen LogP contribution in [0.2, 0.25) is 0 Å². The summed E-state index contributed by atoms with van der Waals surface area (Å²) in [4.78, 5) is 7.84. The summed E-state index contributed by atoms with van der Waals surface area (Å²) < 4.78 is 123. The second kappa shape index (κ2) is 13.0. The van der Waals surface area contributed by atoms with E-state index >= 15 is 0 Å². The van der Waals surface area contributed by atoms with Crippen molar-refractivity contribution in [2.45, 2.75) is 77.6 Å². The molecule has 6 nitrogen and oxygen atoms in total. The van der Waals surface area contributed by atoms with Crippen molar-refractivity contribution in [3.05, 3.63) is 74.1 Å². The number of alkyl halides is 9. The highest BCUT2D eigenvalue weighted by Crippen LogP contribution is 2.40. The zero-order valence-corrected chi connectivity index (χ0v) is 25.4. The molecule has 0 N–H and O–H groups in total. The minimum absolute atomic E-state index is 0.00525. The molecular formula is C29H29F9N6S. The fourth-order valence-electron chi connectivity index (χ4n) is 4.90. The fourth-order valence-corrected chi connectivity index (χ4v) is 6.18. The van der Waals surface area contributed by atoms with Gasteiger partial charge in [0.15, 0.2) is 0 Å². The number of hydrogen-bond acceptors (Lipinski definition) is 6. The molecule has 16 heteroatoms. The summed E-state index contributed by atoms with van der Waals surface area (Å²) in [5.41, 5.74) is -3.54. The van der Waals surface area contributed by atoms with Crippen LogP contribution in [0.3, 0.4) is 0 Å². The summed E-state index contributed by atoms with van der Waals surface area (Å²) in [6.45, 7) is 4.88. The molecule has 0 aliphatic heterocycles. The van der Waals surface area contributed by atoms with Gasteiger partial charge in [-0.25, -0.2) is 4.98 Å². The summed E-state index contributed by atoms with van der Waals surface area (Å²) in [6, 6.07) is 4.23.